The van der Waals surface area contributed by atoms with E-state index in [1.807, 2.05) is 0 Å². The second-order valence-electron chi connectivity index (χ2n) is 4.22. The Morgan fingerprint density at radius 1 is 1.07 bits per heavy atom. The zero-order valence-corrected chi connectivity index (χ0v) is 8.73. The van der Waals surface area contributed by atoms with Crippen molar-refractivity contribution in [2.75, 3.05) is 0 Å². The lowest BCUT2D eigenvalue weighted by Crippen LogP contribution is -2.42. The molecule has 0 fully saturated rings. The van der Waals surface area contributed by atoms with E-state index in [1.54, 1.807) is 0 Å². The highest BCUT2D eigenvalue weighted by atomic mass is 16.4. The average Bonchev–Trinajstić information content (AvgIpc) is 1.98. The monoisotopic (exact) mass is 220 g/mol. The summed E-state index contributed by atoms with van der Waals surface area (Å²) in [7, 11) is 0. The smallest absolute Gasteiger partial charge is 0.336 e. The lowest BCUT2D eigenvalue weighted by atomic mass is 9.89. The first-order valence-corrected chi connectivity index (χ1v) is 4.47. The van der Waals surface area contributed by atoms with E-state index in [2.05, 4.69) is 0 Å². The molecule has 4 N–H and O–H groups in total. The molecule has 15 heavy (non-hydrogen) atoms. The third kappa shape index (κ3) is 5.34. The van der Waals surface area contributed by atoms with Gasteiger partial charge in [-0.3, -0.25) is 4.79 Å². The van der Waals surface area contributed by atoms with Gasteiger partial charge in [0.15, 0.2) is 5.60 Å². The van der Waals surface area contributed by atoms with Crippen LogP contribution in [0, 0.1) is 0 Å². The van der Waals surface area contributed by atoms with Gasteiger partial charge in [-0.1, -0.05) is 0 Å². The Kier molecular flexibility index (Phi) is 4.24. The molecule has 0 aliphatic rings. The number of aliphatic hydroxyl groups is 2. The molecule has 0 aromatic heterocycles. The van der Waals surface area contributed by atoms with Gasteiger partial charge in [-0.15, -0.1) is 0 Å². The minimum absolute atomic E-state index is 0.00306. The second-order valence-corrected chi connectivity index (χ2v) is 4.22. The van der Waals surface area contributed by atoms with E-state index in [-0.39, 0.29) is 12.8 Å². The average molecular weight is 220 g/mol. The normalized spacial score (nSPS) is 15.7. The molecule has 0 rings (SSSR count). The van der Waals surface area contributed by atoms with Crippen LogP contribution >= 0.6 is 0 Å². The Balaban J connectivity index is 4.53. The lowest BCUT2D eigenvalue weighted by molar-refractivity contribution is -0.167. The Labute approximate surface area is 87.2 Å². The van der Waals surface area contributed by atoms with Crippen LogP contribution in [0.15, 0.2) is 0 Å². The van der Waals surface area contributed by atoms with Gasteiger partial charge in [0.1, 0.15) is 0 Å². The van der Waals surface area contributed by atoms with E-state index in [4.69, 9.17) is 10.2 Å². The van der Waals surface area contributed by atoms with Crippen molar-refractivity contribution < 1.29 is 30.0 Å². The fraction of sp³-hybridized carbons (Fsp3) is 0.778. The molecule has 0 aromatic rings. The molecule has 0 radical (unpaired) electrons. The highest BCUT2D eigenvalue weighted by Crippen LogP contribution is 2.22. The summed E-state index contributed by atoms with van der Waals surface area (Å²) in [5.41, 5.74) is -3.45. The van der Waals surface area contributed by atoms with Crippen molar-refractivity contribution in [1.29, 1.82) is 0 Å². The third-order valence-corrected chi connectivity index (χ3v) is 1.99. The van der Waals surface area contributed by atoms with E-state index in [9.17, 15) is 19.8 Å². The maximum Gasteiger partial charge on any atom is 0.336 e. The maximum atomic E-state index is 10.7. The van der Waals surface area contributed by atoms with Gasteiger partial charge in [0.25, 0.3) is 0 Å². The van der Waals surface area contributed by atoms with Gasteiger partial charge < -0.3 is 20.4 Å². The van der Waals surface area contributed by atoms with Crippen LogP contribution in [-0.4, -0.2) is 43.6 Å². The molecule has 1 unspecified atom stereocenters. The molecule has 0 aliphatic carbocycles. The van der Waals surface area contributed by atoms with Crippen molar-refractivity contribution in [2.45, 2.75) is 44.3 Å². The zero-order chi connectivity index (χ0) is 12.3. The SMILES string of the molecule is CC(C)(O)CCC(O)(CC(=O)O)C(=O)O. The van der Waals surface area contributed by atoms with Crippen LogP contribution in [0.5, 0.6) is 0 Å². The van der Waals surface area contributed by atoms with Crippen LogP contribution in [0.1, 0.15) is 33.1 Å². The molecule has 0 heterocycles. The molecule has 0 bridgehead atoms. The van der Waals surface area contributed by atoms with Crippen molar-refractivity contribution in [3.63, 3.8) is 0 Å². The van der Waals surface area contributed by atoms with Gasteiger partial charge in [0.2, 0.25) is 0 Å². The van der Waals surface area contributed by atoms with Crippen molar-refractivity contribution in [3.05, 3.63) is 0 Å². The number of carboxylic acid groups (broad SMARTS) is 2. The summed E-state index contributed by atoms with van der Waals surface area (Å²) in [5.74, 6) is -2.98. The molecule has 0 saturated carbocycles. The Bertz CT molecular complexity index is 254. The van der Waals surface area contributed by atoms with Gasteiger partial charge in [-0.2, -0.15) is 0 Å². The first-order valence-electron chi connectivity index (χ1n) is 4.47. The summed E-state index contributed by atoms with van der Waals surface area (Å²) < 4.78 is 0. The Morgan fingerprint density at radius 3 is 1.80 bits per heavy atom. The second kappa shape index (κ2) is 4.59. The summed E-state index contributed by atoms with van der Waals surface area (Å²) in [6.45, 7) is 2.91. The molecule has 0 aromatic carbocycles. The van der Waals surface area contributed by atoms with Gasteiger partial charge in [-0.05, 0) is 26.7 Å². The van der Waals surface area contributed by atoms with E-state index in [0.29, 0.717) is 0 Å². The van der Waals surface area contributed by atoms with E-state index >= 15 is 0 Å². The molecule has 0 aliphatic heterocycles. The highest BCUT2D eigenvalue weighted by Gasteiger charge is 2.39. The molecule has 0 spiro atoms. The quantitative estimate of drug-likeness (QED) is 0.494. The topological polar surface area (TPSA) is 115 Å². The van der Waals surface area contributed by atoms with Crippen molar-refractivity contribution in [2.24, 2.45) is 0 Å². The van der Waals surface area contributed by atoms with E-state index < -0.39 is 29.6 Å². The van der Waals surface area contributed by atoms with Gasteiger partial charge in [0.05, 0.1) is 12.0 Å². The number of rotatable bonds is 6. The summed E-state index contributed by atoms with van der Waals surface area (Å²) >= 11 is 0. The minimum atomic E-state index is -2.31. The summed E-state index contributed by atoms with van der Waals surface area (Å²) in [6, 6.07) is 0. The molecule has 88 valence electrons. The number of aliphatic carboxylic acids is 2. The van der Waals surface area contributed by atoms with Crippen molar-refractivity contribution >= 4 is 11.9 Å². The van der Waals surface area contributed by atoms with Crippen LogP contribution in [0.3, 0.4) is 0 Å². The van der Waals surface area contributed by atoms with Crippen molar-refractivity contribution in [1.82, 2.24) is 0 Å². The number of carbonyl (C=O) groups is 2. The van der Waals surface area contributed by atoms with Gasteiger partial charge in [0, 0.05) is 0 Å². The largest absolute Gasteiger partial charge is 0.481 e. The van der Waals surface area contributed by atoms with Crippen LogP contribution in [0.4, 0.5) is 0 Å². The van der Waals surface area contributed by atoms with Gasteiger partial charge in [-0.25, -0.2) is 4.79 Å². The fourth-order valence-electron chi connectivity index (χ4n) is 1.03. The minimum Gasteiger partial charge on any atom is -0.481 e. The number of hydrogen-bond acceptors (Lipinski definition) is 4. The molecule has 1 atom stereocenters. The molecular weight excluding hydrogens is 204 g/mol. The molecule has 0 saturated heterocycles. The summed E-state index contributed by atoms with van der Waals surface area (Å²) in [6.07, 6.45) is -1.18. The van der Waals surface area contributed by atoms with Crippen molar-refractivity contribution in [3.8, 4) is 0 Å². The molecule has 6 nitrogen and oxygen atoms in total. The van der Waals surface area contributed by atoms with Crippen LogP contribution in [0.2, 0.25) is 0 Å². The van der Waals surface area contributed by atoms with Crippen LogP contribution in [-0.2, 0) is 9.59 Å². The van der Waals surface area contributed by atoms with E-state index in [0.717, 1.165) is 0 Å². The third-order valence-electron chi connectivity index (χ3n) is 1.99. The first kappa shape index (κ1) is 13.9. The number of carboxylic acids is 2. The van der Waals surface area contributed by atoms with E-state index in [1.165, 1.54) is 13.8 Å². The Hall–Kier alpha value is -1.14. The first-order chi connectivity index (χ1) is 6.57. The molecular formula is C9H16O6. The molecule has 0 amide bonds. The predicted molar refractivity (Wildman–Crippen MR) is 50.4 cm³/mol. The standard InChI is InChI=1S/C9H16O6/c1-8(2,14)3-4-9(15,7(12)13)5-6(10)11/h14-15H,3-5H2,1-2H3,(H,10,11)(H,12,13). The van der Waals surface area contributed by atoms with Crippen LogP contribution < -0.4 is 0 Å². The predicted octanol–water partition coefficient (Wildman–Crippen LogP) is -0.172. The molecule has 6 heteroatoms. The zero-order valence-electron chi connectivity index (χ0n) is 8.73. The maximum absolute atomic E-state index is 10.7. The van der Waals surface area contributed by atoms with Crippen LogP contribution in [0.25, 0.3) is 0 Å². The Morgan fingerprint density at radius 2 is 1.53 bits per heavy atom. The lowest BCUT2D eigenvalue weighted by Gasteiger charge is -2.25. The fourth-order valence-corrected chi connectivity index (χ4v) is 1.03. The highest BCUT2D eigenvalue weighted by molar-refractivity contribution is 5.83. The summed E-state index contributed by atoms with van der Waals surface area (Å²) in [4.78, 5) is 21.0. The number of hydrogen-bond donors (Lipinski definition) is 4. The summed E-state index contributed by atoms with van der Waals surface area (Å²) in [5, 5.41) is 36.0. The van der Waals surface area contributed by atoms with Gasteiger partial charge >= 0.3 is 11.9 Å².